The van der Waals surface area contributed by atoms with E-state index in [-0.39, 0.29) is 0 Å². The monoisotopic (exact) mass is 621 g/mol. The third-order valence-corrected chi connectivity index (χ3v) is 8.97. The zero-order valence-electron chi connectivity index (χ0n) is 30.4. The maximum absolute atomic E-state index is 8.29. The van der Waals surface area contributed by atoms with Crippen molar-refractivity contribution < 1.29 is 0 Å². The molecule has 4 aromatic carbocycles. The van der Waals surface area contributed by atoms with Gasteiger partial charge in [0.1, 0.15) is 0 Å². The fraction of sp³-hybridized carbons (Fsp3) is 0.283. The first-order valence-corrected chi connectivity index (χ1v) is 17.2. The van der Waals surface area contributed by atoms with Crippen LogP contribution in [0.3, 0.4) is 0 Å². The second-order valence-corrected chi connectivity index (χ2v) is 12.8. The van der Waals surface area contributed by atoms with E-state index >= 15 is 0 Å². The summed E-state index contributed by atoms with van der Waals surface area (Å²) in [5.41, 5.74) is 16.3. The van der Waals surface area contributed by atoms with Crippen LogP contribution in [0.2, 0.25) is 0 Å². The number of aryl methyl sites for hydroxylation is 3. The lowest BCUT2D eigenvalue weighted by atomic mass is 9.88. The Morgan fingerprint density at radius 2 is 1.21 bits per heavy atom. The van der Waals surface area contributed by atoms with Crippen LogP contribution in [-0.2, 0) is 6.42 Å². The Morgan fingerprint density at radius 1 is 0.638 bits per heavy atom. The van der Waals surface area contributed by atoms with Crippen molar-refractivity contribution in [1.29, 1.82) is 5.41 Å². The molecule has 47 heavy (non-hydrogen) atoms. The van der Waals surface area contributed by atoms with E-state index in [2.05, 4.69) is 134 Å². The Morgan fingerprint density at radius 3 is 1.81 bits per heavy atom. The fourth-order valence-electron chi connectivity index (χ4n) is 6.05. The summed E-state index contributed by atoms with van der Waals surface area (Å²) in [4.78, 5) is 0. The number of hydrogen-bond acceptors (Lipinski definition) is 1. The number of nitrogens with one attached hydrogen (secondary N) is 1. The SMILES string of the molecule is CC.CC1=C(C)c2ccccc2C1.Cc1cc(C)cc(/C(=C2/C=CC=CC2=N)c2ccccc2)c1.Cc1ccccc1C(C)C(C)C. The molecule has 4 aromatic rings. The smallest absolute Gasteiger partial charge is 0.0618 e. The predicted molar refractivity (Wildman–Crippen MR) is 209 cm³/mol. The van der Waals surface area contributed by atoms with Gasteiger partial charge in [0, 0.05) is 5.57 Å². The highest BCUT2D eigenvalue weighted by Gasteiger charge is 2.15. The summed E-state index contributed by atoms with van der Waals surface area (Å²) >= 11 is 0. The van der Waals surface area contributed by atoms with Crippen molar-refractivity contribution in [3.05, 3.63) is 177 Å². The van der Waals surface area contributed by atoms with Gasteiger partial charge < -0.3 is 5.41 Å². The van der Waals surface area contributed by atoms with E-state index in [9.17, 15) is 0 Å². The zero-order chi connectivity index (χ0) is 34.5. The van der Waals surface area contributed by atoms with Crippen molar-refractivity contribution in [2.75, 3.05) is 0 Å². The molecule has 0 fully saturated rings. The first kappa shape index (κ1) is 37.0. The maximum atomic E-state index is 8.29. The van der Waals surface area contributed by atoms with Gasteiger partial charge in [-0.3, -0.25) is 0 Å². The molecule has 1 heteroatoms. The van der Waals surface area contributed by atoms with Crippen molar-refractivity contribution in [3.8, 4) is 0 Å². The molecule has 0 spiro atoms. The van der Waals surface area contributed by atoms with Crippen LogP contribution in [-0.4, -0.2) is 5.71 Å². The summed E-state index contributed by atoms with van der Waals surface area (Å²) in [6.07, 6.45) is 8.94. The van der Waals surface area contributed by atoms with Crippen molar-refractivity contribution in [3.63, 3.8) is 0 Å². The van der Waals surface area contributed by atoms with Crippen LogP contribution in [0.1, 0.15) is 98.9 Å². The van der Waals surface area contributed by atoms with Crippen LogP contribution in [0, 0.1) is 32.1 Å². The Bertz CT molecular complexity index is 1740. The molecule has 0 radical (unpaired) electrons. The summed E-state index contributed by atoms with van der Waals surface area (Å²) < 4.78 is 0. The Balaban J connectivity index is 0.000000203. The molecule has 1 atom stereocenters. The third-order valence-electron chi connectivity index (χ3n) is 8.97. The van der Waals surface area contributed by atoms with Gasteiger partial charge in [-0.15, -0.1) is 0 Å². The van der Waals surface area contributed by atoms with Gasteiger partial charge in [-0.05, 0) is 103 Å². The van der Waals surface area contributed by atoms with Crippen LogP contribution in [0.5, 0.6) is 0 Å². The molecule has 1 unspecified atom stereocenters. The van der Waals surface area contributed by atoms with Gasteiger partial charge in [0.05, 0.1) is 5.71 Å². The second-order valence-electron chi connectivity index (χ2n) is 12.8. The average Bonchev–Trinajstić information content (AvgIpc) is 3.36. The molecule has 0 saturated carbocycles. The lowest BCUT2D eigenvalue weighted by Gasteiger charge is -2.17. The summed E-state index contributed by atoms with van der Waals surface area (Å²) in [5, 5.41) is 8.29. The van der Waals surface area contributed by atoms with Gasteiger partial charge in [-0.25, -0.2) is 0 Å². The Labute approximate surface area is 286 Å². The van der Waals surface area contributed by atoms with Gasteiger partial charge in [0.2, 0.25) is 0 Å². The molecule has 0 heterocycles. The zero-order valence-corrected chi connectivity index (χ0v) is 30.4. The summed E-state index contributed by atoms with van der Waals surface area (Å²) in [5.74, 6) is 1.40. The van der Waals surface area contributed by atoms with Crippen molar-refractivity contribution in [2.24, 2.45) is 5.92 Å². The standard InChI is InChI=1S/C21H19N.C12H18.C11H12.C2H6/c1-15-12-16(2)14-18(13-15)21(17-8-4-3-5-9-17)19-10-6-7-11-20(19)22;1-9(2)11(4)12-8-6-5-7-10(12)3;1-8-7-10-5-3-4-6-11(10)9(8)2;1-2/h3-14,22H,1-2H3;5-9,11H,1-4H3;3-6H,7H2,1-2H3;1-2H3/b21-19-,22-20?;;;. The number of benzene rings is 4. The van der Waals surface area contributed by atoms with E-state index in [0.717, 1.165) is 29.0 Å². The largest absolute Gasteiger partial charge is 0.300 e. The molecule has 0 saturated heterocycles. The highest BCUT2D eigenvalue weighted by molar-refractivity contribution is 6.16. The summed E-state index contributed by atoms with van der Waals surface area (Å²) in [6.45, 7) is 21.7. The summed E-state index contributed by atoms with van der Waals surface area (Å²) in [7, 11) is 0. The van der Waals surface area contributed by atoms with Crippen LogP contribution >= 0.6 is 0 Å². The molecule has 1 N–H and O–H groups in total. The first-order chi connectivity index (χ1) is 22.6. The van der Waals surface area contributed by atoms with Crippen LogP contribution in [0.25, 0.3) is 11.1 Å². The quantitative estimate of drug-likeness (QED) is 0.234. The molecule has 6 rings (SSSR count). The lowest BCUT2D eigenvalue weighted by Crippen LogP contribution is -2.04. The lowest BCUT2D eigenvalue weighted by molar-refractivity contribution is 0.533. The van der Waals surface area contributed by atoms with E-state index < -0.39 is 0 Å². The molecule has 0 aromatic heterocycles. The Kier molecular flexibility index (Phi) is 14.2. The van der Waals surface area contributed by atoms with Crippen molar-refractivity contribution >= 4 is 16.9 Å². The van der Waals surface area contributed by atoms with Gasteiger partial charge in [-0.2, -0.15) is 0 Å². The van der Waals surface area contributed by atoms with E-state index in [1.165, 1.54) is 50.1 Å². The van der Waals surface area contributed by atoms with Gasteiger partial charge >= 0.3 is 0 Å². The fourth-order valence-corrected chi connectivity index (χ4v) is 6.05. The normalized spacial score (nSPS) is 14.7. The molecular weight excluding hydrogens is 567 g/mol. The molecule has 2 aliphatic rings. The van der Waals surface area contributed by atoms with Gasteiger partial charge in [0.25, 0.3) is 0 Å². The molecule has 0 bridgehead atoms. The predicted octanol–water partition coefficient (Wildman–Crippen LogP) is 13.1. The highest BCUT2D eigenvalue weighted by Crippen LogP contribution is 2.32. The van der Waals surface area contributed by atoms with E-state index in [0.29, 0.717) is 11.6 Å². The van der Waals surface area contributed by atoms with Gasteiger partial charge in [-0.1, -0.05) is 167 Å². The van der Waals surface area contributed by atoms with Crippen LogP contribution in [0.15, 0.2) is 133 Å². The maximum Gasteiger partial charge on any atom is 0.0618 e. The topological polar surface area (TPSA) is 23.9 Å². The minimum absolute atomic E-state index is 0.556. The molecule has 0 aliphatic heterocycles. The van der Waals surface area contributed by atoms with Crippen molar-refractivity contribution in [2.45, 2.75) is 81.6 Å². The van der Waals surface area contributed by atoms with Crippen molar-refractivity contribution in [1.82, 2.24) is 0 Å². The number of fused-ring (bicyclic) bond motifs is 1. The van der Waals surface area contributed by atoms with E-state index in [1.54, 1.807) is 0 Å². The van der Waals surface area contributed by atoms with E-state index in [1.807, 2.05) is 56.4 Å². The van der Waals surface area contributed by atoms with Crippen LogP contribution in [0.4, 0.5) is 0 Å². The third kappa shape index (κ3) is 10.00. The van der Waals surface area contributed by atoms with E-state index in [4.69, 9.17) is 5.41 Å². The number of rotatable bonds is 4. The molecule has 2 aliphatic carbocycles. The minimum Gasteiger partial charge on any atom is -0.300 e. The average molecular weight is 622 g/mol. The molecule has 1 nitrogen and oxygen atoms in total. The minimum atomic E-state index is 0.556. The highest BCUT2D eigenvalue weighted by atomic mass is 14.4. The number of allylic oxidation sites excluding steroid dienone is 7. The second kappa shape index (κ2) is 18.0. The molecule has 0 amide bonds. The first-order valence-electron chi connectivity index (χ1n) is 17.2. The summed E-state index contributed by atoms with van der Waals surface area (Å²) in [6, 6.07) is 34.2. The number of hydrogen-bond donors (Lipinski definition) is 1. The molecular formula is C46H55N. The Hall–Kier alpha value is -4.49. The molecule has 244 valence electrons. The van der Waals surface area contributed by atoms with Crippen LogP contribution < -0.4 is 0 Å². The van der Waals surface area contributed by atoms with Gasteiger partial charge in [0.15, 0.2) is 0 Å².